The van der Waals surface area contributed by atoms with E-state index in [4.69, 9.17) is 10.3 Å². The van der Waals surface area contributed by atoms with Gasteiger partial charge >= 0.3 is 6.36 Å². The minimum absolute atomic E-state index is 0.378. The minimum atomic E-state index is -4.95. The summed E-state index contributed by atoms with van der Waals surface area (Å²) in [5.74, 6) is -0.783. The summed E-state index contributed by atoms with van der Waals surface area (Å²) in [7, 11) is -4.68. The molecule has 3 N–H and O–H groups in total. The number of nitrogen functional groups attached to an aromatic ring is 1. The van der Waals surface area contributed by atoms with E-state index in [2.05, 4.69) is 4.74 Å². The Kier molecular flexibility index (Phi) is 3.01. The van der Waals surface area contributed by atoms with Crippen molar-refractivity contribution < 1.29 is 30.9 Å². The molecule has 16 heavy (non-hydrogen) atoms. The third-order valence-corrected chi connectivity index (χ3v) is 2.41. The van der Waals surface area contributed by atoms with Crippen molar-refractivity contribution in [3.05, 3.63) is 18.2 Å². The molecule has 0 aliphatic heterocycles. The summed E-state index contributed by atoms with van der Waals surface area (Å²) in [4.78, 5) is -0.839. The second kappa shape index (κ2) is 3.83. The number of rotatable bonds is 2. The molecule has 0 aromatic heterocycles. The average molecular weight is 257 g/mol. The molecule has 90 valence electrons. The average Bonchev–Trinajstić information content (AvgIpc) is 2.04. The Morgan fingerprint density at radius 2 is 1.88 bits per heavy atom. The maximum atomic E-state index is 11.8. The number of anilines is 1. The van der Waals surface area contributed by atoms with E-state index >= 15 is 0 Å². The molecule has 1 aromatic carbocycles. The molecule has 0 saturated heterocycles. The number of benzene rings is 1. The minimum Gasteiger partial charge on any atom is -0.406 e. The van der Waals surface area contributed by atoms with Crippen molar-refractivity contribution in [3.8, 4) is 5.75 Å². The first-order valence-electron chi connectivity index (χ1n) is 3.72. The lowest BCUT2D eigenvalue weighted by Gasteiger charge is -2.10. The zero-order valence-corrected chi connectivity index (χ0v) is 8.34. The molecule has 9 heteroatoms. The van der Waals surface area contributed by atoms with E-state index in [1.54, 1.807) is 0 Å². The van der Waals surface area contributed by atoms with Gasteiger partial charge in [0.25, 0.3) is 10.1 Å². The van der Waals surface area contributed by atoms with E-state index in [0.717, 1.165) is 12.1 Å². The number of hydrogen-bond donors (Lipinski definition) is 2. The number of hydrogen-bond acceptors (Lipinski definition) is 4. The van der Waals surface area contributed by atoms with Gasteiger partial charge in [0.2, 0.25) is 0 Å². The second-order valence-electron chi connectivity index (χ2n) is 2.72. The van der Waals surface area contributed by atoms with Gasteiger partial charge in [0.15, 0.2) is 0 Å². The molecule has 0 radical (unpaired) electrons. The Bertz CT molecular complexity index is 497. The zero-order chi connectivity index (χ0) is 12.6. The van der Waals surface area contributed by atoms with E-state index in [1.165, 1.54) is 0 Å². The highest BCUT2D eigenvalue weighted by Gasteiger charge is 2.31. The normalized spacial score (nSPS) is 12.5. The van der Waals surface area contributed by atoms with Crippen molar-refractivity contribution in [1.29, 1.82) is 0 Å². The van der Waals surface area contributed by atoms with Crippen molar-refractivity contribution in [2.24, 2.45) is 0 Å². The van der Waals surface area contributed by atoms with Gasteiger partial charge in [-0.1, -0.05) is 0 Å². The Labute approximate surface area is 88.4 Å². The molecule has 0 aliphatic carbocycles. The molecule has 0 amide bonds. The molecule has 0 saturated carbocycles. The lowest BCUT2D eigenvalue weighted by Crippen LogP contribution is -2.17. The van der Waals surface area contributed by atoms with Crippen LogP contribution in [0.1, 0.15) is 0 Å². The van der Waals surface area contributed by atoms with Crippen molar-refractivity contribution >= 4 is 15.8 Å². The number of alkyl halides is 3. The van der Waals surface area contributed by atoms with E-state index in [1.807, 2.05) is 0 Å². The van der Waals surface area contributed by atoms with Crippen molar-refractivity contribution in [2.75, 3.05) is 5.73 Å². The van der Waals surface area contributed by atoms with E-state index in [9.17, 15) is 21.6 Å². The maximum Gasteiger partial charge on any atom is 0.573 e. The third kappa shape index (κ3) is 3.28. The van der Waals surface area contributed by atoms with Crippen LogP contribution in [0.25, 0.3) is 0 Å². The summed E-state index contributed by atoms with van der Waals surface area (Å²) < 4.78 is 68.9. The summed E-state index contributed by atoms with van der Waals surface area (Å²) in [5, 5.41) is 0. The number of halogens is 3. The van der Waals surface area contributed by atoms with Crippen molar-refractivity contribution in [1.82, 2.24) is 0 Å². The molecular formula is C7H6F3NO4S. The summed E-state index contributed by atoms with van der Waals surface area (Å²) >= 11 is 0. The molecule has 0 spiro atoms. The lowest BCUT2D eigenvalue weighted by molar-refractivity contribution is -0.274. The van der Waals surface area contributed by atoms with Gasteiger partial charge in [0.1, 0.15) is 10.6 Å². The van der Waals surface area contributed by atoms with Crippen LogP contribution in [-0.4, -0.2) is 19.3 Å². The lowest BCUT2D eigenvalue weighted by atomic mass is 10.3. The summed E-state index contributed by atoms with van der Waals surface area (Å²) in [6.45, 7) is 0. The van der Waals surface area contributed by atoms with Crippen LogP contribution in [0.5, 0.6) is 5.75 Å². The van der Waals surface area contributed by atoms with Gasteiger partial charge in [0, 0.05) is 6.07 Å². The van der Waals surface area contributed by atoms with Crippen LogP contribution in [0.2, 0.25) is 0 Å². The van der Waals surface area contributed by atoms with E-state index in [0.29, 0.717) is 6.07 Å². The molecule has 0 fully saturated rings. The van der Waals surface area contributed by atoms with Crippen molar-refractivity contribution in [2.45, 2.75) is 11.3 Å². The predicted molar refractivity (Wildman–Crippen MR) is 47.4 cm³/mol. The van der Waals surface area contributed by atoms with Crippen molar-refractivity contribution in [3.63, 3.8) is 0 Å². The van der Waals surface area contributed by atoms with Crippen LogP contribution >= 0.6 is 0 Å². The molecule has 1 rings (SSSR count). The molecule has 0 atom stereocenters. The zero-order valence-electron chi connectivity index (χ0n) is 7.52. The van der Waals surface area contributed by atoms with Crippen LogP contribution in [-0.2, 0) is 10.1 Å². The van der Waals surface area contributed by atoms with Gasteiger partial charge in [-0.15, -0.1) is 13.2 Å². The molecule has 0 heterocycles. The molecule has 0 aliphatic rings. The highest BCUT2D eigenvalue weighted by atomic mass is 32.2. The summed E-state index contributed by atoms with van der Waals surface area (Å²) in [6, 6.07) is 2.19. The topological polar surface area (TPSA) is 89.6 Å². The third-order valence-electron chi connectivity index (χ3n) is 1.50. The quantitative estimate of drug-likeness (QED) is 0.617. The Morgan fingerprint density at radius 1 is 1.31 bits per heavy atom. The van der Waals surface area contributed by atoms with E-state index < -0.39 is 27.1 Å². The SMILES string of the molecule is Nc1ccc(OC(F)(F)F)cc1S(=O)(=O)O. The Morgan fingerprint density at radius 3 is 2.31 bits per heavy atom. The van der Waals surface area contributed by atoms with E-state index in [-0.39, 0.29) is 5.69 Å². The maximum absolute atomic E-state index is 11.8. The Hall–Kier alpha value is -1.48. The fourth-order valence-electron chi connectivity index (χ4n) is 0.935. The van der Waals surface area contributed by atoms with Crippen LogP contribution in [0.4, 0.5) is 18.9 Å². The largest absolute Gasteiger partial charge is 0.573 e. The molecule has 0 unspecified atom stereocenters. The fraction of sp³-hybridized carbons (Fsp3) is 0.143. The van der Waals surface area contributed by atoms with Gasteiger partial charge in [0.05, 0.1) is 5.69 Å². The van der Waals surface area contributed by atoms with Gasteiger partial charge in [-0.05, 0) is 12.1 Å². The first-order chi connectivity index (χ1) is 7.09. The molecular weight excluding hydrogens is 251 g/mol. The Balaban J connectivity index is 3.19. The highest BCUT2D eigenvalue weighted by molar-refractivity contribution is 7.86. The number of nitrogens with two attached hydrogens (primary N) is 1. The second-order valence-corrected chi connectivity index (χ2v) is 4.11. The van der Waals surface area contributed by atoms with Crippen LogP contribution in [0.3, 0.4) is 0 Å². The monoisotopic (exact) mass is 257 g/mol. The van der Waals surface area contributed by atoms with Crippen LogP contribution < -0.4 is 10.5 Å². The van der Waals surface area contributed by atoms with Crippen LogP contribution in [0.15, 0.2) is 23.1 Å². The molecule has 1 aromatic rings. The van der Waals surface area contributed by atoms with Gasteiger partial charge in [-0.2, -0.15) is 8.42 Å². The standard InChI is InChI=1S/C7H6F3NO4S/c8-7(9,10)15-4-1-2-5(11)6(3-4)16(12,13)14/h1-3H,11H2,(H,12,13,14). The first kappa shape index (κ1) is 12.6. The molecule has 0 bridgehead atoms. The highest BCUT2D eigenvalue weighted by Crippen LogP contribution is 2.28. The van der Waals surface area contributed by atoms with Gasteiger partial charge in [-0.25, -0.2) is 0 Å². The van der Waals surface area contributed by atoms with Gasteiger partial charge in [-0.3, -0.25) is 4.55 Å². The number of ether oxygens (including phenoxy) is 1. The predicted octanol–water partition coefficient (Wildman–Crippen LogP) is 1.41. The molecule has 5 nitrogen and oxygen atoms in total. The smallest absolute Gasteiger partial charge is 0.406 e. The first-order valence-corrected chi connectivity index (χ1v) is 5.16. The van der Waals surface area contributed by atoms with Crippen LogP contribution in [0, 0.1) is 0 Å². The summed E-state index contributed by atoms with van der Waals surface area (Å²) in [6.07, 6.45) is -4.95. The summed E-state index contributed by atoms with van der Waals surface area (Å²) in [5.41, 5.74) is 4.79. The fourth-order valence-corrected chi connectivity index (χ4v) is 1.57. The van der Waals surface area contributed by atoms with Gasteiger partial charge < -0.3 is 10.5 Å².